The molecule has 0 radical (unpaired) electrons. The molecule has 2 aromatic heterocycles. The molecule has 3 aromatic rings. The fourth-order valence-corrected chi connectivity index (χ4v) is 4.01. The highest BCUT2D eigenvalue weighted by molar-refractivity contribution is 7.21. The molecule has 0 atom stereocenters. The molecule has 1 fully saturated rings. The summed E-state index contributed by atoms with van der Waals surface area (Å²) in [6.07, 6.45) is 1.45. The quantitative estimate of drug-likeness (QED) is 0.690. The van der Waals surface area contributed by atoms with Gasteiger partial charge < -0.3 is 9.64 Å². The number of carbonyl (C=O) groups is 1. The minimum Gasteiger partial charge on any atom is -0.378 e. The third-order valence-corrected chi connectivity index (χ3v) is 5.66. The number of hydrogen-bond acceptors (Lipinski definition) is 5. The lowest BCUT2D eigenvalue weighted by atomic mass is 10.2. The normalized spacial score (nSPS) is 14.7. The van der Waals surface area contributed by atoms with Crippen LogP contribution in [0.4, 0.5) is 0 Å². The molecule has 8 heteroatoms. The topological polar surface area (TPSA) is 64.4 Å². The van der Waals surface area contributed by atoms with E-state index in [1.807, 2.05) is 30.3 Å². The number of amides is 1. The average molecular weight is 390 g/mol. The number of halogens is 1. The first kappa shape index (κ1) is 17.2. The number of morpholine rings is 1. The van der Waals surface area contributed by atoms with E-state index in [1.165, 1.54) is 22.2 Å². The van der Waals surface area contributed by atoms with Crippen molar-refractivity contribution in [1.29, 1.82) is 0 Å². The number of hydrogen-bond donors (Lipinski definition) is 0. The van der Waals surface area contributed by atoms with Crippen molar-refractivity contribution in [2.24, 2.45) is 0 Å². The Morgan fingerprint density at radius 2 is 1.96 bits per heavy atom. The Balaban J connectivity index is 1.63. The predicted molar refractivity (Wildman–Crippen MR) is 102 cm³/mol. The summed E-state index contributed by atoms with van der Waals surface area (Å²) in [5.74, 6) is -0.0929. The highest BCUT2D eigenvalue weighted by Gasteiger charge is 2.18. The van der Waals surface area contributed by atoms with Crippen molar-refractivity contribution in [3.05, 3.63) is 52.0 Å². The fourth-order valence-electron chi connectivity index (χ4n) is 2.89. The van der Waals surface area contributed by atoms with Gasteiger partial charge in [0.05, 0.1) is 24.9 Å². The molecule has 1 amide bonds. The van der Waals surface area contributed by atoms with E-state index in [0.29, 0.717) is 41.5 Å². The van der Waals surface area contributed by atoms with E-state index >= 15 is 0 Å². The summed E-state index contributed by atoms with van der Waals surface area (Å²) in [5, 5.41) is 1.19. The zero-order valence-electron chi connectivity index (χ0n) is 13.9. The minimum atomic E-state index is -0.201. The van der Waals surface area contributed by atoms with Crippen molar-refractivity contribution >= 4 is 39.1 Å². The molecule has 0 spiro atoms. The maximum atomic E-state index is 12.8. The number of rotatable bonds is 3. The van der Waals surface area contributed by atoms with Crippen molar-refractivity contribution in [1.82, 2.24) is 14.5 Å². The van der Waals surface area contributed by atoms with E-state index in [9.17, 15) is 9.59 Å². The van der Waals surface area contributed by atoms with Crippen molar-refractivity contribution in [2.75, 3.05) is 26.3 Å². The third kappa shape index (κ3) is 3.38. The van der Waals surface area contributed by atoms with Crippen LogP contribution in [0.2, 0.25) is 5.02 Å². The Hall–Kier alpha value is -2.22. The number of nitrogens with zero attached hydrogens (tertiary/aromatic N) is 3. The van der Waals surface area contributed by atoms with Crippen LogP contribution in [0, 0.1) is 0 Å². The summed E-state index contributed by atoms with van der Waals surface area (Å²) in [6, 6.07) is 9.28. The monoisotopic (exact) mass is 389 g/mol. The Kier molecular flexibility index (Phi) is 4.76. The van der Waals surface area contributed by atoms with Gasteiger partial charge in [-0.05, 0) is 23.8 Å². The summed E-state index contributed by atoms with van der Waals surface area (Å²) < 4.78 is 6.63. The molecule has 0 saturated carbocycles. The predicted octanol–water partition coefficient (Wildman–Crippen LogP) is 2.64. The van der Waals surface area contributed by atoms with Crippen LogP contribution in [0.3, 0.4) is 0 Å². The van der Waals surface area contributed by atoms with Gasteiger partial charge in [0.25, 0.3) is 5.56 Å². The standard InChI is InChI=1S/C18H16ClN3O3S/c19-13-3-1-12(2-4-13)15-9-14-17(26-15)20-11-22(18(14)24)10-16(23)21-5-7-25-8-6-21/h1-4,9,11H,5-8,10H2. The molecule has 0 unspecified atom stereocenters. The molecule has 1 aliphatic heterocycles. The lowest BCUT2D eigenvalue weighted by Crippen LogP contribution is -2.43. The summed E-state index contributed by atoms with van der Waals surface area (Å²) in [5.41, 5.74) is 0.779. The minimum absolute atomic E-state index is 0.00605. The Bertz CT molecular complexity index is 1010. The zero-order chi connectivity index (χ0) is 18.1. The first-order valence-electron chi connectivity index (χ1n) is 8.22. The van der Waals surface area contributed by atoms with Crippen molar-refractivity contribution < 1.29 is 9.53 Å². The summed E-state index contributed by atoms with van der Waals surface area (Å²) >= 11 is 7.38. The molecule has 0 N–H and O–H groups in total. The van der Waals surface area contributed by atoms with E-state index in [0.717, 1.165) is 10.4 Å². The van der Waals surface area contributed by atoms with Crippen LogP contribution in [0.5, 0.6) is 0 Å². The number of fused-ring (bicyclic) bond motifs is 1. The second-order valence-corrected chi connectivity index (χ2v) is 7.47. The van der Waals surface area contributed by atoms with Crippen LogP contribution in [0.15, 0.2) is 41.5 Å². The first-order chi connectivity index (χ1) is 12.6. The van der Waals surface area contributed by atoms with E-state index in [2.05, 4.69) is 4.98 Å². The summed E-state index contributed by atoms with van der Waals surface area (Å²) in [7, 11) is 0. The van der Waals surface area contributed by atoms with Gasteiger partial charge >= 0.3 is 0 Å². The smallest absolute Gasteiger partial charge is 0.262 e. The van der Waals surface area contributed by atoms with Gasteiger partial charge in [-0.2, -0.15) is 0 Å². The number of carbonyl (C=O) groups excluding carboxylic acids is 1. The van der Waals surface area contributed by atoms with Gasteiger partial charge in [0, 0.05) is 23.0 Å². The average Bonchev–Trinajstić information content (AvgIpc) is 3.10. The number of aromatic nitrogens is 2. The molecule has 6 nitrogen and oxygen atoms in total. The van der Waals surface area contributed by atoms with Crippen molar-refractivity contribution in [2.45, 2.75) is 6.54 Å². The second-order valence-electron chi connectivity index (χ2n) is 6.01. The largest absolute Gasteiger partial charge is 0.378 e. The van der Waals surface area contributed by atoms with Crippen LogP contribution in [-0.2, 0) is 16.1 Å². The third-order valence-electron chi connectivity index (χ3n) is 4.32. The van der Waals surface area contributed by atoms with Gasteiger partial charge in [-0.3, -0.25) is 14.2 Å². The molecule has 3 heterocycles. The van der Waals surface area contributed by atoms with Crippen LogP contribution < -0.4 is 5.56 Å². The number of thiophene rings is 1. The number of ether oxygens (including phenoxy) is 1. The fraction of sp³-hybridized carbons (Fsp3) is 0.278. The first-order valence-corrected chi connectivity index (χ1v) is 9.42. The molecule has 1 aromatic carbocycles. The van der Waals surface area contributed by atoms with Crippen LogP contribution in [0.25, 0.3) is 20.7 Å². The van der Waals surface area contributed by atoms with Gasteiger partial charge in [0.15, 0.2) is 0 Å². The van der Waals surface area contributed by atoms with Gasteiger partial charge in [-0.25, -0.2) is 4.98 Å². The highest BCUT2D eigenvalue weighted by atomic mass is 35.5. The van der Waals surface area contributed by atoms with Gasteiger partial charge in [0.1, 0.15) is 11.4 Å². The Morgan fingerprint density at radius 3 is 2.69 bits per heavy atom. The zero-order valence-corrected chi connectivity index (χ0v) is 15.4. The molecule has 134 valence electrons. The molecule has 4 rings (SSSR count). The van der Waals surface area contributed by atoms with E-state index in [1.54, 1.807) is 4.90 Å². The highest BCUT2D eigenvalue weighted by Crippen LogP contribution is 2.31. The summed E-state index contributed by atoms with van der Waals surface area (Å²) in [6.45, 7) is 2.18. The molecule has 1 saturated heterocycles. The van der Waals surface area contributed by atoms with Crippen LogP contribution in [-0.4, -0.2) is 46.7 Å². The van der Waals surface area contributed by atoms with Gasteiger partial charge in [0.2, 0.25) is 5.91 Å². The molecule has 0 bridgehead atoms. The lowest BCUT2D eigenvalue weighted by molar-refractivity contribution is -0.135. The Labute approximate surface area is 158 Å². The van der Waals surface area contributed by atoms with Gasteiger partial charge in [-0.15, -0.1) is 11.3 Å². The van der Waals surface area contributed by atoms with Crippen molar-refractivity contribution in [3.8, 4) is 10.4 Å². The SMILES string of the molecule is O=C(Cn1cnc2sc(-c3ccc(Cl)cc3)cc2c1=O)N1CCOCC1. The second kappa shape index (κ2) is 7.19. The maximum Gasteiger partial charge on any atom is 0.262 e. The van der Waals surface area contributed by atoms with E-state index in [4.69, 9.17) is 16.3 Å². The molecule has 1 aliphatic rings. The lowest BCUT2D eigenvalue weighted by Gasteiger charge is -2.26. The van der Waals surface area contributed by atoms with Crippen LogP contribution >= 0.6 is 22.9 Å². The summed E-state index contributed by atoms with van der Waals surface area (Å²) in [4.78, 5) is 32.8. The van der Waals surface area contributed by atoms with E-state index in [-0.39, 0.29) is 18.0 Å². The molecule has 0 aliphatic carbocycles. The van der Waals surface area contributed by atoms with E-state index < -0.39 is 0 Å². The van der Waals surface area contributed by atoms with Crippen LogP contribution in [0.1, 0.15) is 0 Å². The molecular weight excluding hydrogens is 374 g/mol. The Morgan fingerprint density at radius 1 is 1.23 bits per heavy atom. The van der Waals surface area contributed by atoms with Gasteiger partial charge in [-0.1, -0.05) is 23.7 Å². The molecule has 26 heavy (non-hydrogen) atoms. The maximum absolute atomic E-state index is 12.8. The number of benzene rings is 1. The van der Waals surface area contributed by atoms with Crippen molar-refractivity contribution in [3.63, 3.8) is 0 Å². The molecular formula is C18H16ClN3O3S.